The topological polar surface area (TPSA) is 356 Å². The molecule has 0 rings (SSSR count). The van der Waals surface area contributed by atoms with Crippen LogP contribution in [0.25, 0.3) is 0 Å². The Morgan fingerprint density at radius 3 is 0.526 bits per heavy atom. The van der Waals surface area contributed by atoms with Crippen molar-refractivity contribution in [3.8, 4) is 0 Å². The van der Waals surface area contributed by atoms with Crippen molar-refractivity contribution >= 4 is 20.8 Å². The van der Waals surface area contributed by atoms with Crippen molar-refractivity contribution in [3.63, 3.8) is 0 Å². The van der Waals surface area contributed by atoms with Crippen LogP contribution < -0.4 is 138 Å². The molecule has 19 heteroatoms. The minimum Gasteiger partial charge on any atom is -0.759 e. The molecule has 14 nitrogen and oxygen atoms in total. The third kappa shape index (κ3) is 527. The number of rotatable bonds is 0. The minimum absolute atomic E-state index is 0. The molecule has 0 fully saturated rings. The van der Waals surface area contributed by atoms with Crippen molar-refractivity contribution in [1.82, 2.24) is 0 Å². The van der Waals surface area contributed by atoms with E-state index < -0.39 is 20.8 Å². The molecular weight excluding hydrogens is 617 g/mol. The normalized spacial score (nSPS) is 6.11. The summed E-state index contributed by atoms with van der Waals surface area (Å²) in [5, 5.41) is 0. The SMILES string of the molecule is O.O.O=S(=O)([O-])[O-].O=S(=O)([O-])[O-].[Cs+].[Cs+].[Cu+2].[OH3+].[OH3+].[OH3+].[OH3+]. The van der Waals surface area contributed by atoms with Gasteiger partial charge in [0, 0.05) is 20.8 Å². The van der Waals surface area contributed by atoms with Crippen molar-refractivity contribution in [2.45, 2.75) is 0 Å². The molecule has 0 aliphatic carbocycles. The van der Waals surface area contributed by atoms with Gasteiger partial charge in [-0.05, 0) is 0 Å². The Hall–Kier alpha value is 4.12. The molecule has 0 aromatic rings. The first-order valence-corrected chi connectivity index (χ1v) is 4.00. The fourth-order valence-corrected chi connectivity index (χ4v) is 0. The van der Waals surface area contributed by atoms with Crippen molar-refractivity contribution in [2.24, 2.45) is 0 Å². The Kier molecular flexibility index (Phi) is 154. The van der Waals surface area contributed by atoms with Crippen LogP contribution in [0.1, 0.15) is 0 Å². The minimum atomic E-state index is -5.17. The van der Waals surface area contributed by atoms with E-state index in [1.54, 1.807) is 0 Å². The van der Waals surface area contributed by atoms with E-state index >= 15 is 0 Å². The predicted molar refractivity (Wildman–Crippen MR) is 47.7 cm³/mol. The molecule has 0 amide bonds. The average Bonchev–Trinajstić information content (AvgIpc) is 1.12. The van der Waals surface area contributed by atoms with E-state index in [0.29, 0.717) is 0 Å². The summed E-state index contributed by atoms with van der Waals surface area (Å²) in [7, 11) is -10.3. The van der Waals surface area contributed by atoms with E-state index in [1.165, 1.54) is 0 Å². The van der Waals surface area contributed by atoms with Gasteiger partial charge in [0.1, 0.15) is 0 Å². The van der Waals surface area contributed by atoms with Gasteiger partial charge in [-0.2, -0.15) is 0 Å². The molecule has 0 aromatic carbocycles. The fraction of sp³-hybridized carbons (Fsp3) is 0. The van der Waals surface area contributed by atoms with Gasteiger partial charge in [-0.15, -0.1) is 0 Å². The van der Waals surface area contributed by atoms with E-state index in [2.05, 4.69) is 0 Å². The van der Waals surface area contributed by atoms with Gasteiger partial charge in [0.25, 0.3) is 0 Å². The third-order valence-corrected chi connectivity index (χ3v) is 0. The van der Waals surface area contributed by atoms with Gasteiger partial charge in [-0.3, -0.25) is 16.8 Å². The third-order valence-electron chi connectivity index (χ3n) is 0. The smallest absolute Gasteiger partial charge is 0.759 e. The Bertz CT molecular complexity index is 220. The molecule has 16 N–H and O–H groups in total. The van der Waals surface area contributed by atoms with Crippen LogP contribution in [0.5, 0.6) is 0 Å². The van der Waals surface area contributed by atoms with E-state index in [1.807, 2.05) is 0 Å². The second-order valence-electron chi connectivity index (χ2n) is 0.816. The van der Waals surface area contributed by atoms with Crippen LogP contribution in [0.3, 0.4) is 0 Å². The van der Waals surface area contributed by atoms with E-state index in [9.17, 15) is 0 Å². The molecule has 1 radical (unpaired) electrons. The van der Waals surface area contributed by atoms with Crippen molar-refractivity contribution in [3.05, 3.63) is 0 Å². The van der Waals surface area contributed by atoms with Gasteiger partial charge in [0.05, 0.1) is 0 Å². The summed E-state index contributed by atoms with van der Waals surface area (Å²) in [6.07, 6.45) is 0. The Labute approximate surface area is 237 Å². The first-order valence-electron chi connectivity index (χ1n) is 1.33. The zero-order chi connectivity index (χ0) is 9.00. The van der Waals surface area contributed by atoms with Crippen LogP contribution >= 0.6 is 0 Å². The maximum absolute atomic E-state index is 8.52. The van der Waals surface area contributed by atoms with Gasteiger partial charge in [0.15, 0.2) is 0 Å². The Balaban J connectivity index is -0.00000000508. The molecule has 19 heavy (non-hydrogen) atoms. The molecule has 0 saturated heterocycles. The first kappa shape index (κ1) is 77.0. The van der Waals surface area contributed by atoms with Gasteiger partial charge >= 0.3 is 155 Å². The Morgan fingerprint density at radius 1 is 0.526 bits per heavy atom. The second kappa shape index (κ2) is 38.0. The first-order chi connectivity index (χ1) is 4.00. The molecule has 0 bridgehead atoms. The summed E-state index contributed by atoms with van der Waals surface area (Å²) < 4.78 is 68.2. The van der Waals surface area contributed by atoms with Gasteiger partial charge in [0.2, 0.25) is 0 Å². The largest absolute Gasteiger partial charge is 2.00 e. The van der Waals surface area contributed by atoms with Crippen LogP contribution in [0.4, 0.5) is 0 Å². The summed E-state index contributed by atoms with van der Waals surface area (Å²) in [6, 6.07) is 0. The monoisotopic (exact) mass is 633 g/mol. The van der Waals surface area contributed by atoms with E-state index in [-0.39, 0.29) is 188 Å². The van der Waals surface area contributed by atoms with E-state index in [0.717, 1.165) is 0 Å². The van der Waals surface area contributed by atoms with Crippen molar-refractivity contribution < 1.29 is 223 Å². The van der Waals surface area contributed by atoms with Gasteiger partial charge in [-0.25, -0.2) is 0 Å². The Morgan fingerprint density at radius 2 is 0.526 bits per heavy atom. The molecule has 0 spiro atoms. The van der Waals surface area contributed by atoms with E-state index in [4.69, 9.17) is 35.0 Å². The van der Waals surface area contributed by atoms with Gasteiger partial charge in [-0.1, -0.05) is 0 Å². The van der Waals surface area contributed by atoms with Crippen LogP contribution in [0.2, 0.25) is 0 Å². The summed E-state index contributed by atoms with van der Waals surface area (Å²) in [5.74, 6) is 0. The quantitative estimate of drug-likeness (QED) is 0.106. The van der Waals surface area contributed by atoms with Crippen LogP contribution in [-0.2, 0) is 59.8 Å². The molecule has 0 aliphatic rings. The molecule has 121 valence electrons. The zero-order valence-electron chi connectivity index (χ0n) is 9.69. The molecule has 0 aliphatic heterocycles. The van der Waals surface area contributed by atoms with Crippen LogP contribution in [0.15, 0.2) is 0 Å². The molecule has 0 saturated carbocycles. The molecule has 0 aromatic heterocycles. The summed E-state index contributed by atoms with van der Waals surface area (Å²) in [5.41, 5.74) is 0. The fourth-order valence-electron chi connectivity index (χ4n) is 0. The van der Waals surface area contributed by atoms with Gasteiger partial charge < -0.3 is 51.1 Å². The van der Waals surface area contributed by atoms with Crippen LogP contribution in [-0.4, -0.2) is 46.0 Å². The standard InChI is InChI=1S/2Cs.Cu.2H2O4S.6H2O/c;;;2*1-5(2,3)4;;;;;;/h;;;2*(H2,1,2,3,4);6*1H2/q2*+1;+2;;;;;;;;. The van der Waals surface area contributed by atoms with Crippen molar-refractivity contribution in [2.75, 3.05) is 0 Å². The molecule has 0 unspecified atom stereocenters. The molecule has 0 heterocycles. The number of hydrogen-bond donors (Lipinski definition) is 0. The predicted octanol–water partition coefficient (Wildman–Crippen LogP) is -14.0. The maximum Gasteiger partial charge on any atom is 2.00 e. The summed E-state index contributed by atoms with van der Waals surface area (Å²) in [4.78, 5) is 0. The second-order valence-corrected chi connectivity index (χ2v) is 2.45. The number of hydrogen-bond acceptors (Lipinski definition) is 8. The van der Waals surface area contributed by atoms with Crippen molar-refractivity contribution in [1.29, 1.82) is 0 Å². The maximum atomic E-state index is 8.52. The average molecular weight is 634 g/mol. The van der Waals surface area contributed by atoms with Crippen LogP contribution in [0, 0.1) is 0 Å². The summed E-state index contributed by atoms with van der Waals surface area (Å²) in [6.45, 7) is 0. The summed E-state index contributed by atoms with van der Waals surface area (Å²) >= 11 is 0. The zero-order valence-corrected chi connectivity index (χ0v) is 24.8. The molecular formula is H16Cs2CuO14S2+4. The molecule has 0 atom stereocenters.